The minimum atomic E-state index is -0.410. The third kappa shape index (κ3) is 3.24. The summed E-state index contributed by atoms with van der Waals surface area (Å²) in [6, 6.07) is 3.57. The van der Waals surface area contributed by atoms with Crippen molar-refractivity contribution < 1.29 is 9.53 Å². The first kappa shape index (κ1) is 18.5. The van der Waals surface area contributed by atoms with E-state index >= 15 is 0 Å². The maximum atomic E-state index is 12.4. The van der Waals surface area contributed by atoms with Crippen LogP contribution < -0.4 is 16.1 Å². The van der Waals surface area contributed by atoms with E-state index < -0.39 is 11.2 Å². The summed E-state index contributed by atoms with van der Waals surface area (Å²) in [5.41, 5.74) is -0.150. The Morgan fingerprint density at radius 3 is 2.93 bits per heavy atom. The molecule has 0 spiro atoms. The topological polar surface area (TPSA) is 102 Å². The average molecular weight is 403 g/mol. The number of fused-ring (bicyclic) bond motifs is 1. The highest BCUT2D eigenvalue weighted by Crippen LogP contribution is 2.23. The molecule has 0 bridgehead atoms. The number of hydrogen-bond donors (Lipinski definition) is 1. The number of carbonyl (C=O) groups is 1. The Bertz CT molecular complexity index is 1130. The minimum Gasteiger partial charge on any atom is -0.461 e. The molecule has 4 heterocycles. The first-order valence-electron chi connectivity index (χ1n) is 9.07. The number of nitrogens with one attached hydrogen (secondary N) is 1. The summed E-state index contributed by atoms with van der Waals surface area (Å²) in [5, 5.41) is 1.85. The van der Waals surface area contributed by atoms with Crippen molar-refractivity contribution in [3.8, 4) is 0 Å². The van der Waals surface area contributed by atoms with Crippen LogP contribution in [0.25, 0.3) is 11.2 Å². The number of nitrogens with zero attached hydrogens (tertiary/aromatic N) is 4. The molecule has 0 aliphatic carbocycles. The number of anilines is 1. The zero-order chi connectivity index (χ0) is 19.8. The molecular formula is C18H21N5O4S. The maximum absolute atomic E-state index is 12.4. The van der Waals surface area contributed by atoms with Crippen LogP contribution in [0.4, 0.5) is 5.95 Å². The third-order valence-corrected chi connectivity index (χ3v) is 5.92. The van der Waals surface area contributed by atoms with Gasteiger partial charge in [0.2, 0.25) is 5.95 Å². The van der Waals surface area contributed by atoms with Crippen LogP contribution in [0, 0.1) is 5.92 Å². The summed E-state index contributed by atoms with van der Waals surface area (Å²) in [5.74, 6) is 0.439. The Morgan fingerprint density at radius 1 is 1.36 bits per heavy atom. The van der Waals surface area contributed by atoms with Crippen LogP contribution in [-0.4, -0.2) is 44.8 Å². The Balaban J connectivity index is 1.51. The van der Waals surface area contributed by atoms with E-state index in [1.807, 2.05) is 16.3 Å². The monoisotopic (exact) mass is 403 g/mol. The molecule has 1 N–H and O–H groups in total. The van der Waals surface area contributed by atoms with Gasteiger partial charge in [-0.15, -0.1) is 11.3 Å². The lowest BCUT2D eigenvalue weighted by atomic mass is 9.99. The van der Waals surface area contributed by atoms with Gasteiger partial charge in [0.1, 0.15) is 4.88 Å². The summed E-state index contributed by atoms with van der Waals surface area (Å²) in [6.45, 7) is 1.78. The fraction of sp³-hybridized carbons (Fsp3) is 0.444. The molecular weight excluding hydrogens is 382 g/mol. The smallest absolute Gasteiger partial charge is 0.348 e. The molecule has 4 rings (SSSR count). The fourth-order valence-corrected chi connectivity index (χ4v) is 4.13. The zero-order valence-electron chi connectivity index (χ0n) is 15.7. The molecule has 0 saturated carbocycles. The summed E-state index contributed by atoms with van der Waals surface area (Å²) in [4.78, 5) is 46.7. The Morgan fingerprint density at radius 2 is 2.18 bits per heavy atom. The average Bonchev–Trinajstić information content (AvgIpc) is 3.39. The van der Waals surface area contributed by atoms with Crippen molar-refractivity contribution in [3.63, 3.8) is 0 Å². The van der Waals surface area contributed by atoms with Crippen molar-refractivity contribution in [1.29, 1.82) is 0 Å². The molecule has 148 valence electrons. The molecule has 1 unspecified atom stereocenters. The quantitative estimate of drug-likeness (QED) is 0.655. The lowest BCUT2D eigenvalue weighted by Gasteiger charge is -2.32. The third-order valence-electron chi connectivity index (χ3n) is 5.07. The van der Waals surface area contributed by atoms with E-state index in [2.05, 4.69) is 9.97 Å². The van der Waals surface area contributed by atoms with Crippen LogP contribution in [-0.2, 0) is 18.8 Å². The Labute approximate surface area is 164 Å². The second kappa shape index (κ2) is 7.27. The number of esters is 1. The number of H-pyrrole nitrogens is 1. The summed E-state index contributed by atoms with van der Waals surface area (Å²) >= 11 is 1.36. The SMILES string of the molecule is Cn1c(=O)c2[nH]c(N3CCCC(COC(=O)c4cccs4)C3)nc2n(C)c1=O. The highest BCUT2D eigenvalue weighted by Gasteiger charge is 2.25. The van der Waals surface area contributed by atoms with Gasteiger partial charge in [0.25, 0.3) is 5.56 Å². The van der Waals surface area contributed by atoms with Gasteiger partial charge in [-0.2, -0.15) is 4.98 Å². The second-order valence-corrected chi connectivity index (χ2v) is 7.94. The molecule has 1 fully saturated rings. The van der Waals surface area contributed by atoms with E-state index in [0.717, 1.165) is 24.0 Å². The van der Waals surface area contributed by atoms with Gasteiger partial charge < -0.3 is 14.6 Å². The number of hydrogen-bond acceptors (Lipinski definition) is 7. The van der Waals surface area contributed by atoms with Crippen LogP contribution in [0.5, 0.6) is 0 Å². The van der Waals surface area contributed by atoms with Crippen LogP contribution in [0.2, 0.25) is 0 Å². The molecule has 28 heavy (non-hydrogen) atoms. The van der Waals surface area contributed by atoms with E-state index in [9.17, 15) is 14.4 Å². The first-order chi connectivity index (χ1) is 13.5. The summed E-state index contributed by atoms with van der Waals surface area (Å²) in [7, 11) is 3.04. The van der Waals surface area contributed by atoms with Gasteiger partial charge in [-0.1, -0.05) is 6.07 Å². The number of carbonyl (C=O) groups excluding carboxylic acids is 1. The number of imidazole rings is 1. The first-order valence-corrected chi connectivity index (χ1v) is 9.95. The van der Waals surface area contributed by atoms with Crippen LogP contribution in [0.15, 0.2) is 27.1 Å². The lowest BCUT2D eigenvalue weighted by Crippen LogP contribution is -2.38. The second-order valence-electron chi connectivity index (χ2n) is 6.99. The molecule has 3 aromatic heterocycles. The minimum absolute atomic E-state index is 0.178. The van der Waals surface area contributed by atoms with Crippen molar-refractivity contribution in [1.82, 2.24) is 19.1 Å². The number of ether oxygens (including phenoxy) is 1. The maximum Gasteiger partial charge on any atom is 0.348 e. The molecule has 3 aromatic rings. The zero-order valence-corrected chi connectivity index (χ0v) is 16.5. The van der Waals surface area contributed by atoms with Gasteiger partial charge in [-0.05, 0) is 24.3 Å². The van der Waals surface area contributed by atoms with Gasteiger partial charge in [0.15, 0.2) is 11.2 Å². The van der Waals surface area contributed by atoms with Gasteiger partial charge in [-0.3, -0.25) is 13.9 Å². The number of aromatic amines is 1. The highest BCUT2D eigenvalue weighted by molar-refractivity contribution is 7.11. The molecule has 1 atom stereocenters. The molecule has 0 aromatic carbocycles. The predicted octanol–water partition coefficient (Wildman–Crippen LogP) is 1.10. The van der Waals surface area contributed by atoms with Crippen molar-refractivity contribution in [2.24, 2.45) is 20.0 Å². The molecule has 1 saturated heterocycles. The van der Waals surface area contributed by atoms with Crippen molar-refractivity contribution in [2.45, 2.75) is 12.8 Å². The van der Waals surface area contributed by atoms with E-state index in [1.54, 1.807) is 13.1 Å². The lowest BCUT2D eigenvalue weighted by molar-refractivity contribution is 0.0433. The van der Waals surface area contributed by atoms with Crippen molar-refractivity contribution in [2.75, 3.05) is 24.6 Å². The molecule has 0 radical (unpaired) electrons. The standard InChI is InChI=1S/C18H21N5O4S/c1-21-14-13(15(24)22(2)18(21)26)19-17(20-14)23-7-3-5-11(9-23)10-27-16(25)12-6-4-8-28-12/h4,6,8,11H,3,5,7,9-10H2,1-2H3,(H,19,20). The van der Waals surface area contributed by atoms with Gasteiger partial charge in [-0.25, -0.2) is 9.59 Å². The van der Waals surface area contributed by atoms with Gasteiger partial charge >= 0.3 is 11.7 Å². The summed E-state index contributed by atoms with van der Waals surface area (Å²) in [6.07, 6.45) is 1.88. The largest absolute Gasteiger partial charge is 0.461 e. The number of aryl methyl sites for hydroxylation is 1. The van der Waals surface area contributed by atoms with Gasteiger partial charge in [0, 0.05) is 33.1 Å². The summed E-state index contributed by atoms with van der Waals surface area (Å²) < 4.78 is 7.88. The molecule has 0 amide bonds. The van der Waals surface area contributed by atoms with Crippen LogP contribution in [0.1, 0.15) is 22.5 Å². The van der Waals surface area contributed by atoms with Crippen molar-refractivity contribution >= 4 is 34.4 Å². The number of rotatable bonds is 4. The predicted molar refractivity (Wildman–Crippen MR) is 106 cm³/mol. The normalized spacial score (nSPS) is 17.2. The fourth-order valence-electron chi connectivity index (χ4n) is 3.52. The molecule has 10 heteroatoms. The van der Waals surface area contributed by atoms with E-state index in [0.29, 0.717) is 35.1 Å². The Hall–Kier alpha value is -2.88. The highest BCUT2D eigenvalue weighted by atomic mass is 32.1. The Kier molecular flexibility index (Phi) is 4.80. The van der Waals surface area contributed by atoms with E-state index in [-0.39, 0.29) is 11.9 Å². The number of thiophene rings is 1. The number of aromatic nitrogens is 4. The van der Waals surface area contributed by atoms with E-state index in [1.165, 1.54) is 23.0 Å². The van der Waals surface area contributed by atoms with Gasteiger partial charge in [0.05, 0.1) is 6.61 Å². The molecule has 9 nitrogen and oxygen atoms in total. The van der Waals surface area contributed by atoms with Crippen LogP contribution in [0.3, 0.4) is 0 Å². The molecule has 1 aliphatic rings. The molecule has 1 aliphatic heterocycles. The van der Waals surface area contributed by atoms with Crippen molar-refractivity contribution in [3.05, 3.63) is 43.2 Å². The van der Waals surface area contributed by atoms with Crippen LogP contribution >= 0.6 is 11.3 Å². The van der Waals surface area contributed by atoms with E-state index in [4.69, 9.17) is 4.74 Å². The number of piperidine rings is 1.